The van der Waals surface area contributed by atoms with Crippen molar-refractivity contribution in [3.63, 3.8) is 0 Å². The van der Waals surface area contributed by atoms with Gasteiger partial charge in [0.15, 0.2) is 5.96 Å². The molecule has 8 nitrogen and oxygen atoms in total. The van der Waals surface area contributed by atoms with E-state index in [0.717, 1.165) is 23.6 Å². The molecule has 0 saturated carbocycles. The molecule has 160 valence electrons. The van der Waals surface area contributed by atoms with Crippen molar-refractivity contribution in [2.75, 3.05) is 13.6 Å². The summed E-state index contributed by atoms with van der Waals surface area (Å²) in [4.78, 5) is 8.75. The molecule has 9 heteroatoms. The molecule has 0 aliphatic rings. The topological polar surface area (TPSA) is 93.2 Å². The van der Waals surface area contributed by atoms with Crippen molar-refractivity contribution < 1.29 is 4.52 Å². The van der Waals surface area contributed by atoms with Crippen molar-refractivity contribution in [1.29, 1.82) is 0 Å². The third kappa shape index (κ3) is 5.38. The lowest BCUT2D eigenvalue weighted by molar-refractivity contribution is 0.378. The van der Waals surface area contributed by atoms with Crippen molar-refractivity contribution in [2.24, 2.45) is 12.0 Å². The smallest absolute Gasteiger partial charge is 0.228 e. The second-order valence-corrected chi connectivity index (χ2v) is 7.73. The van der Waals surface area contributed by atoms with E-state index in [2.05, 4.69) is 44.7 Å². The van der Waals surface area contributed by atoms with Gasteiger partial charge in [0.25, 0.3) is 0 Å². The van der Waals surface area contributed by atoms with Gasteiger partial charge in [0.05, 0.1) is 5.69 Å². The second kappa shape index (κ2) is 9.75. The lowest BCUT2D eigenvalue weighted by atomic mass is 10.1. The minimum absolute atomic E-state index is 0.206. The van der Waals surface area contributed by atoms with Gasteiger partial charge < -0.3 is 15.2 Å². The normalized spacial score (nSPS) is 12.8. The number of hydrogen-bond acceptors (Lipinski definition) is 5. The minimum atomic E-state index is 0.206. The first kappa shape index (κ1) is 21.8. The van der Waals surface area contributed by atoms with Gasteiger partial charge in [0.2, 0.25) is 11.7 Å². The summed E-state index contributed by atoms with van der Waals surface area (Å²) in [7, 11) is 3.73. The Hall–Kier alpha value is -2.87. The Labute approximate surface area is 181 Å². The van der Waals surface area contributed by atoms with Crippen molar-refractivity contribution in [3.8, 4) is 11.4 Å². The maximum Gasteiger partial charge on any atom is 0.228 e. The van der Waals surface area contributed by atoms with Crippen LogP contribution in [0.5, 0.6) is 0 Å². The molecule has 0 amide bonds. The van der Waals surface area contributed by atoms with Crippen LogP contribution in [0.1, 0.15) is 29.8 Å². The van der Waals surface area contributed by atoms with E-state index in [-0.39, 0.29) is 6.04 Å². The number of benzene rings is 1. The molecule has 2 aromatic heterocycles. The first-order valence-electron chi connectivity index (χ1n) is 9.92. The standard InChI is InChI=1S/C21H28ClN7O/c1-13(12-18-14(2)27-29(5)15(18)3)25-21(23-4)24-11-10-19-26-20(28-30-19)16-6-8-17(22)9-7-16/h6-9,13H,10-12H2,1-5H3,(H2,23,24,25). The molecule has 3 aromatic rings. The zero-order valence-corrected chi connectivity index (χ0v) is 18.8. The maximum atomic E-state index is 5.92. The Morgan fingerprint density at radius 3 is 2.63 bits per heavy atom. The van der Waals surface area contributed by atoms with Crippen LogP contribution < -0.4 is 10.6 Å². The Kier molecular flexibility index (Phi) is 7.10. The third-order valence-electron chi connectivity index (χ3n) is 4.98. The molecule has 1 atom stereocenters. The molecule has 0 aliphatic carbocycles. The zero-order chi connectivity index (χ0) is 21.7. The summed E-state index contributed by atoms with van der Waals surface area (Å²) in [5.74, 6) is 1.86. The summed E-state index contributed by atoms with van der Waals surface area (Å²) in [6.45, 7) is 6.90. The highest BCUT2D eigenvalue weighted by molar-refractivity contribution is 6.30. The highest BCUT2D eigenvalue weighted by Crippen LogP contribution is 2.18. The number of aryl methyl sites for hydroxylation is 2. The summed E-state index contributed by atoms with van der Waals surface area (Å²) in [5.41, 5.74) is 4.40. The summed E-state index contributed by atoms with van der Waals surface area (Å²) in [6.07, 6.45) is 1.47. The molecule has 0 aliphatic heterocycles. The summed E-state index contributed by atoms with van der Waals surface area (Å²) in [5, 5.41) is 15.9. The van der Waals surface area contributed by atoms with Crippen LogP contribution in [0.15, 0.2) is 33.8 Å². The molecule has 1 aromatic carbocycles. The summed E-state index contributed by atoms with van der Waals surface area (Å²) < 4.78 is 7.27. The minimum Gasteiger partial charge on any atom is -0.356 e. The predicted octanol–water partition coefficient (Wildman–Crippen LogP) is 3.08. The van der Waals surface area contributed by atoms with E-state index in [9.17, 15) is 0 Å². The van der Waals surface area contributed by atoms with Crippen molar-refractivity contribution in [1.82, 2.24) is 30.6 Å². The maximum absolute atomic E-state index is 5.92. The molecule has 0 saturated heterocycles. The van der Waals surface area contributed by atoms with Crippen LogP contribution >= 0.6 is 11.6 Å². The van der Waals surface area contributed by atoms with Crippen LogP contribution in [0.2, 0.25) is 5.02 Å². The van der Waals surface area contributed by atoms with E-state index in [1.165, 1.54) is 11.3 Å². The largest absolute Gasteiger partial charge is 0.356 e. The van der Waals surface area contributed by atoms with E-state index in [4.69, 9.17) is 16.1 Å². The van der Waals surface area contributed by atoms with Gasteiger partial charge in [0.1, 0.15) is 0 Å². The Balaban J connectivity index is 1.49. The number of hydrogen-bond donors (Lipinski definition) is 2. The average molecular weight is 430 g/mol. The highest BCUT2D eigenvalue weighted by atomic mass is 35.5. The Morgan fingerprint density at radius 2 is 2.00 bits per heavy atom. The van der Waals surface area contributed by atoms with E-state index in [0.29, 0.717) is 29.7 Å². The van der Waals surface area contributed by atoms with Gasteiger partial charge >= 0.3 is 0 Å². The molecular weight excluding hydrogens is 402 g/mol. The van der Waals surface area contributed by atoms with Crippen molar-refractivity contribution in [2.45, 2.75) is 39.7 Å². The number of aromatic nitrogens is 4. The molecule has 1 unspecified atom stereocenters. The number of rotatable bonds is 7. The van der Waals surface area contributed by atoms with Crippen LogP contribution in [-0.4, -0.2) is 45.5 Å². The monoisotopic (exact) mass is 429 g/mol. The average Bonchev–Trinajstić information content (AvgIpc) is 3.28. The van der Waals surface area contributed by atoms with Gasteiger partial charge in [-0.15, -0.1) is 0 Å². The van der Waals surface area contributed by atoms with Crippen molar-refractivity contribution in [3.05, 3.63) is 52.1 Å². The fourth-order valence-corrected chi connectivity index (χ4v) is 3.38. The van der Waals surface area contributed by atoms with Crippen LogP contribution in [0.3, 0.4) is 0 Å². The molecule has 0 bridgehead atoms. The fourth-order valence-electron chi connectivity index (χ4n) is 3.26. The molecule has 0 radical (unpaired) electrons. The Morgan fingerprint density at radius 1 is 1.27 bits per heavy atom. The summed E-state index contributed by atoms with van der Waals surface area (Å²) in [6, 6.07) is 7.56. The first-order chi connectivity index (χ1) is 14.4. The van der Waals surface area contributed by atoms with Gasteiger partial charge in [-0.1, -0.05) is 16.8 Å². The number of halogens is 1. The van der Waals surface area contributed by atoms with E-state index < -0.39 is 0 Å². The van der Waals surface area contributed by atoms with Crippen LogP contribution in [-0.2, 0) is 19.9 Å². The zero-order valence-electron chi connectivity index (χ0n) is 18.0. The highest BCUT2D eigenvalue weighted by Gasteiger charge is 2.14. The quantitative estimate of drug-likeness (QED) is 0.443. The molecular formula is C21H28ClN7O. The van der Waals surface area contributed by atoms with Gasteiger partial charge in [-0.2, -0.15) is 10.1 Å². The SMILES string of the molecule is CN=C(NCCc1nc(-c2ccc(Cl)cc2)no1)NC(C)Cc1c(C)nn(C)c1C. The number of guanidine groups is 1. The van der Waals surface area contributed by atoms with Crippen LogP contribution in [0, 0.1) is 13.8 Å². The number of nitrogens with zero attached hydrogens (tertiary/aromatic N) is 5. The molecule has 2 heterocycles. The van der Waals surface area contributed by atoms with Gasteiger partial charge in [0, 0.05) is 49.4 Å². The molecule has 3 rings (SSSR count). The molecule has 0 spiro atoms. The van der Waals surface area contributed by atoms with Crippen LogP contribution in [0.4, 0.5) is 0 Å². The van der Waals surface area contributed by atoms with Gasteiger partial charge in [-0.25, -0.2) is 0 Å². The third-order valence-corrected chi connectivity index (χ3v) is 5.23. The Bertz CT molecular complexity index is 1010. The first-order valence-corrected chi connectivity index (χ1v) is 10.3. The van der Waals surface area contributed by atoms with Gasteiger partial charge in [-0.05, 0) is 57.0 Å². The lowest BCUT2D eigenvalue weighted by Crippen LogP contribution is -2.43. The molecule has 2 N–H and O–H groups in total. The second-order valence-electron chi connectivity index (χ2n) is 7.29. The summed E-state index contributed by atoms with van der Waals surface area (Å²) >= 11 is 5.92. The van der Waals surface area contributed by atoms with Crippen LogP contribution in [0.25, 0.3) is 11.4 Å². The predicted molar refractivity (Wildman–Crippen MR) is 119 cm³/mol. The molecule has 0 fully saturated rings. The molecule has 30 heavy (non-hydrogen) atoms. The van der Waals surface area contributed by atoms with E-state index in [1.807, 2.05) is 30.8 Å². The number of nitrogens with one attached hydrogen (secondary N) is 2. The lowest BCUT2D eigenvalue weighted by Gasteiger charge is -2.18. The van der Waals surface area contributed by atoms with Gasteiger partial charge in [-0.3, -0.25) is 9.67 Å². The fraction of sp³-hybridized carbons (Fsp3) is 0.429. The van der Waals surface area contributed by atoms with Crippen molar-refractivity contribution >= 4 is 17.6 Å². The van der Waals surface area contributed by atoms with E-state index in [1.54, 1.807) is 19.2 Å². The number of aliphatic imine (C=N–C) groups is 1. The van der Waals surface area contributed by atoms with E-state index >= 15 is 0 Å².